The Morgan fingerprint density at radius 2 is 0.984 bits per heavy atom. The molecule has 0 spiro atoms. The van der Waals surface area contributed by atoms with Gasteiger partial charge in [0, 0.05) is 33.2 Å². The van der Waals surface area contributed by atoms with Gasteiger partial charge in [-0.2, -0.15) is 0 Å². The zero-order chi connectivity index (χ0) is 42.4. The molecule has 1 aliphatic carbocycles. The molecule has 12 rings (SSSR count). The quantitative estimate of drug-likeness (QED) is 0.148. The molecule has 1 aliphatic rings. The van der Waals surface area contributed by atoms with Crippen molar-refractivity contribution >= 4 is 55.7 Å². The van der Waals surface area contributed by atoms with Gasteiger partial charge in [0.05, 0.1) is 28.1 Å². The van der Waals surface area contributed by atoms with Gasteiger partial charge in [0.25, 0.3) is 0 Å². The lowest BCUT2D eigenvalue weighted by Gasteiger charge is -2.30. The Bertz CT molecular complexity index is 3540. The van der Waals surface area contributed by atoms with Crippen LogP contribution in [0.15, 0.2) is 237 Å². The van der Waals surface area contributed by atoms with Crippen LogP contribution < -0.4 is 4.90 Å². The van der Waals surface area contributed by atoms with Gasteiger partial charge in [0.15, 0.2) is 0 Å². The molecular weight excluding hydrogens is 773 g/mol. The van der Waals surface area contributed by atoms with Crippen molar-refractivity contribution < 1.29 is 0 Å². The van der Waals surface area contributed by atoms with E-state index >= 15 is 0 Å². The zero-order valence-electron chi connectivity index (χ0n) is 35.4. The minimum Gasteiger partial charge on any atom is -0.309 e. The summed E-state index contributed by atoms with van der Waals surface area (Å²) in [4.78, 5) is 2.45. The van der Waals surface area contributed by atoms with Crippen molar-refractivity contribution in [3.63, 3.8) is 0 Å². The van der Waals surface area contributed by atoms with Gasteiger partial charge in [-0.3, -0.25) is 0 Å². The highest BCUT2D eigenvalue weighted by molar-refractivity contribution is 6.11. The number of anilines is 3. The van der Waals surface area contributed by atoms with E-state index in [4.69, 9.17) is 0 Å². The Labute approximate surface area is 374 Å². The third-order valence-corrected chi connectivity index (χ3v) is 13.0. The lowest BCUT2D eigenvalue weighted by atomic mass is 9.94. The highest BCUT2D eigenvalue weighted by atomic mass is 15.1. The van der Waals surface area contributed by atoms with Gasteiger partial charge in [0.2, 0.25) is 0 Å². The smallest absolute Gasteiger partial charge is 0.0547 e. The summed E-state index contributed by atoms with van der Waals surface area (Å²) in [6.07, 6.45) is 6.78. The maximum atomic E-state index is 2.47. The second-order valence-corrected chi connectivity index (χ2v) is 16.8. The third-order valence-electron chi connectivity index (χ3n) is 13.0. The number of rotatable bonds is 8. The minimum atomic E-state index is 1.08. The summed E-state index contributed by atoms with van der Waals surface area (Å²) in [6.45, 7) is 0. The first-order valence-corrected chi connectivity index (χ1v) is 22.3. The molecule has 10 aromatic carbocycles. The Balaban J connectivity index is 1.03. The molecule has 1 heterocycles. The van der Waals surface area contributed by atoms with Crippen LogP contribution in [0, 0.1) is 0 Å². The molecule has 0 N–H and O–H groups in total. The predicted octanol–water partition coefficient (Wildman–Crippen LogP) is 17.0. The van der Waals surface area contributed by atoms with Crippen molar-refractivity contribution in [2.75, 3.05) is 4.90 Å². The second kappa shape index (κ2) is 15.9. The van der Waals surface area contributed by atoms with Crippen LogP contribution in [0.25, 0.3) is 88.8 Å². The molecule has 0 radical (unpaired) electrons. The predicted molar refractivity (Wildman–Crippen MR) is 272 cm³/mol. The monoisotopic (exact) mass is 816 g/mol. The molecule has 2 nitrogen and oxygen atoms in total. The van der Waals surface area contributed by atoms with Crippen LogP contribution in [0.5, 0.6) is 0 Å². The van der Waals surface area contributed by atoms with Gasteiger partial charge < -0.3 is 9.47 Å². The molecular formula is C62H44N2. The first-order valence-electron chi connectivity index (χ1n) is 22.3. The molecule has 0 bridgehead atoms. The van der Waals surface area contributed by atoms with Crippen LogP contribution in [-0.4, -0.2) is 4.57 Å². The minimum absolute atomic E-state index is 1.08. The number of benzene rings is 10. The molecule has 0 saturated heterocycles. The SMILES string of the molecule is C1=Cc2cc3c(cc2CC1)c1ccccc1n3-c1ccccc1-c1ccc(N(c2ccccc2-c2ccccc2)c2ccc(-c3ccc4ccccc4c3)cc2-c2ccccc2)cc1. The number of nitrogens with zero attached hydrogens (tertiary/aromatic N) is 2. The van der Waals surface area contributed by atoms with Crippen molar-refractivity contribution in [2.45, 2.75) is 12.8 Å². The number of fused-ring (bicyclic) bond motifs is 5. The van der Waals surface area contributed by atoms with E-state index in [-0.39, 0.29) is 0 Å². The van der Waals surface area contributed by atoms with E-state index in [1.807, 2.05) is 0 Å². The first kappa shape index (κ1) is 37.6. The van der Waals surface area contributed by atoms with Crippen molar-refractivity contribution in [1.29, 1.82) is 0 Å². The normalized spacial score (nSPS) is 12.2. The van der Waals surface area contributed by atoms with E-state index in [0.29, 0.717) is 0 Å². The Morgan fingerprint density at radius 3 is 1.81 bits per heavy atom. The molecule has 0 unspecified atom stereocenters. The summed E-state index contributed by atoms with van der Waals surface area (Å²) in [5, 5.41) is 5.07. The first-order chi connectivity index (χ1) is 31.7. The van der Waals surface area contributed by atoms with Crippen LogP contribution in [0.1, 0.15) is 17.5 Å². The van der Waals surface area contributed by atoms with Gasteiger partial charge in [-0.1, -0.05) is 182 Å². The largest absolute Gasteiger partial charge is 0.309 e. The van der Waals surface area contributed by atoms with Crippen molar-refractivity contribution in [3.8, 4) is 50.2 Å². The Kier molecular flexibility index (Phi) is 9.34. The maximum Gasteiger partial charge on any atom is 0.0547 e. The molecule has 2 heteroatoms. The van der Waals surface area contributed by atoms with Crippen molar-refractivity contribution in [1.82, 2.24) is 4.57 Å². The molecule has 302 valence electrons. The van der Waals surface area contributed by atoms with Crippen LogP contribution >= 0.6 is 0 Å². The van der Waals surface area contributed by atoms with E-state index in [9.17, 15) is 0 Å². The van der Waals surface area contributed by atoms with E-state index < -0.39 is 0 Å². The summed E-state index contributed by atoms with van der Waals surface area (Å²) >= 11 is 0. The molecule has 0 saturated carbocycles. The van der Waals surface area contributed by atoms with Crippen LogP contribution in [0.3, 0.4) is 0 Å². The van der Waals surface area contributed by atoms with E-state index in [1.54, 1.807) is 0 Å². The maximum absolute atomic E-state index is 2.47. The van der Waals surface area contributed by atoms with Gasteiger partial charge in [-0.05, 0) is 123 Å². The fourth-order valence-corrected chi connectivity index (χ4v) is 9.93. The highest BCUT2D eigenvalue weighted by Crippen LogP contribution is 2.47. The van der Waals surface area contributed by atoms with Gasteiger partial charge in [-0.25, -0.2) is 0 Å². The second-order valence-electron chi connectivity index (χ2n) is 16.8. The number of aryl methyl sites for hydroxylation is 1. The standard InChI is InChI=1S/C62H44N2/c1-3-18-44(19-4-1)53-25-11-14-28-58(53)63(61-38-35-51(40-56(61)45-20-5-2-6-21-45)50-32-31-43-17-7-8-22-47(43)39-50)52-36-33-46(34-37-52)54-26-12-15-29-59(54)64-60-30-16-13-27-55(60)57-41-48-23-9-10-24-49(48)42-62(57)64/h1-8,10-22,24-42H,9,23H2. The number of aromatic nitrogens is 1. The fraction of sp³-hybridized carbons (Fsp3) is 0.0323. The average molecular weight is 817 g/mol. The molecule has 64 heavy (non-hydrogen) atoms. The van der Waals surface area contributed by atoms with E-state index in [1.165, 1.54) is 77.2 Å². The molecule has 0 fully saturated rings. The van der Waals surface area contributed by atoms with E-state index in [2.05, 4.69) is 252 Å². The number of hydrogen-bond acceptors (Lipinski definition) is 1. The summed E-state index contributed by atoms with van der Waals surface area (Å²) in [5.74, 6) is 0. The molecule has 1 aromatic heterocycles. The lowest BCUT2D eigenvalue weighted by molar-refractivity contribution is 0.988. The molecule has 0 atom stereocenters. The van der Waals surface area contributed by atoms with Crippen molar-refractivity contribution in [2.24, 2.45) is 0 Å². The summed E-state index contributed by atoms with van der Waals surface area (Å²) in [5.41, 5.74) is 19.1. The van der Waals surface area contributed by atoms with Crippen molar-refractivity contribution in [3.05, 3.63) is 248 Å². The van der Waals surface area contributed by atoms with Gasteiger partial charge in [-0.15, -0.1) is 0 Å². The van der Waals surface area contributed by atoms with Crippen LogP contribution in [0.4, 0.5) is 17.1 Å². The third kappa shape index (κ3) is 6.60. The number of allylic oxidation sites excluding steroid dienone is 1. The highest BCUT2D eigenvalue weighted by Gasteiger charge is 2.23. The Morgan fingerprint density at radius 1 is 0.375 bits per heavy atom. The zero-order valence-corrected chi connectivity index (χ0v) is 35.4. The summed E-state index contributed by atoms with van der Waals surface area (Å²) < 4.78 is 2.47. The van der Waals surface area contributed by atoms with Crippen LogP contribution in [-0.2, 0) is 6.42 Å². The lowest BCUT2D eigenvalue weighted by Crippen LogP contribution is -2.12. The van der Waals surface area contributed by atoms with Crippen LogP contribution in [0.2, 0.25) is 0 Å². The molecule has 0 aliphatic heterocycles. The number of hydrogen-bond donors (Lipinski definition) is 0. The van der Waals surface area contributed by atoms with Gasteiger partial charge in [0.1, 0.15) is 0 Å². The van der Waals surface area contributed by atoms with E-state index in [0.717, 1.165) is 46.6 Å². The average Bonchev–Trinajstić information content (AvgIpc) is 3.69. The Hall–Kier alpha value is -8.20. The molecule has 11 aromatic rings. The number of para-hydroxylation sites is 3. The molecule has 0 amide bonds. The van der Waals surface area contributed by atoms with Gasteiger partial charge >= 0.3 is 0 Å². The summed E-state index contributed by atoms with van der Waals surface area (Å²) in [7, 11) is 0. The summed E-state index contributed by atoms with van der Waals surface area (Å²) in [6, 6.07) is 84.5. The topological polar surface area (TPSA) is 8.17 Å². The fourth-order valence-electron chi connectivity index (χ4n) is 9.93.